The summed E-state index contributed by atoms with van der Waals surface area (Å²) in [4.78, 5) is 14.6. The summed E-state index contributed by atoms with van der Waals surface area (Å²) < 4.78 is 5.65. The van der Waals surface area contributed by atoms with Crippen molar-refractivity contribution in [2.45, 2.75) is 38.6 Å². The van der Waals surface area contributed by atoms with Crippen molar-refractivity contribution in [2.75, 3.05) is 13.2 Å². The number of aromatic nitrogens is 2. The fraction of sp³-hybridized carbons (Fsp3) is 0.444. The van der Waals surface area contributed by atoms with Crippen LogP contribution in [0.25, 0.3) is 0 Å². The number of amides is 1. The summed E-state index contributed by atoms with van der Waals surface area (Å²) in [6.07, 6.45) is 5.43. The molecule has 1 atom stereocenters. The molecule has 1 N–H and O–H groups in total. The maximum Gasteiger partial charge on any atom is 0.226 e. The number of rotatable bonds is 5. The topological polar surface area (TPSA) is 58.2 Å². The number of piperidine rings is 1. The average Bonchev–Trinajstić information content (AvgIpc) is 3.01. The minimum Gasteiger partial charge on any atom is -0.493 e. The molecule has 2 heterocycles. The summed E-state index contributed by atoms with van der Waals surface area (Å²) in [6.45, 7) is 3.26. The molecule has 1 amide bonds. The molecule has 5 nitrogen and oxygen atoms in total. The Balaban J connectivity index is 1.59. The van der Waals surface area contributed by atoms with Crippen molar-refractivity contribution in [1.29, 1.82) is 0 Å². The number of para-hydroxylation sites is 1. The van der Waals surface area contributed by atoms with Gasteiger partial charge in [0.1, 0.15) is 5.75 Å². The zero-order valence-corrected chi connectivity index (χ0v) is 13.5. The van der Waals surface area contributed by atoms with Crippen LogP contribution in [0.2, 0.25) is 0 Å². The van der Waals surface area contributed by atoms with Gasteiger partial charge in [-0.05, 0) is 43.9 Å². The second-order valence-electron chi connectivity index (χ2n) is 5.98. The number of ether oxygens (including phenoxy) is 1. The number of nitrogens with one attached hydrogen (secondary N) is 1. The van der Waals surface area contributed by atoms with Crippen LogP contribution in [-0.2, 0) is 4.79 Å². The first-order valence-electron chi connectivity index (χ1n) is 8.23. The number of aromatic amines is 1. The van der Waals surface area contributed by atoms with E-state index in [1.165, 1.54) is 0 Å². The molecule has 3 rings (SSSR count). The number of nitrogens with zero attached hydrogens (tertiary/aromatic N) is 2. The maximum atomic E-state index is 12.6. The Bertz CT molecular complexity index is 639. The van der Waals surface area contributed by atoms with Crippen molar-refractivity contribution in [3.63, 3.8) is 0 Å². The number of aryl methyl sites for hydroxylation is 1. The average molecular weight is 313 g/mol. The van der Waals surface area contributed by atoms with Gasteiger partial charge in [0.15, 0.2) is 0 Å². The van der Waals surface area contributed by atoms with Crippen LogP contribution in [0.15, 0.2) is 36.5 Å². The molecule has 2 aromatic rings. The van der Waals surface area contributed by atoms with E-state index in [2.05, 4.69) is 10.2 Å². The lowest BCUT2D eigenvalue weighted by molar-refractivity contribution is -0.135. The first-order valence-corrected chi connectivity index (χ1v) is 8.23. The van der Waals surface area contributed by atoms with Gasteiger partial charge in [-0.1, -0.05) is 18.2 Å². The number of hydrogen-bond acceptors (Lipinski definition) is 3. The van der Waals surface area contributed by atoms with Gasteiger partial charge in [0, 0.05) is 6.54 Å². The number of H-pyrrole nitrogens is 1. The Morgan fingerprint density at radius 1 is 1.35 bits per heavy atom. The summed E-state index contributed by atoms with van der Waals surface area (Å²) in [6, 6.07) is 9.74. The zero-order chi connectivity index (χ0) is 16.1. The predicted octanol–water partition coefficient (Wildman–Crippen LogP) is 3.24. The van der Waals surface area contributed by atoms with Gasteiger partial charge < -0.3 is 9.64 Å². The Morgan fingerprint density at radius 2 is 2.17 bits per heavy atom. The van der Waals surface area contributed by atoms with Crippen LogP contribution in [-0.4, -0.2) is 34.2 Å². The molecule has 0 bridgehead atoms. The van der Waals surface area contributed by atoms with Crippen molar-refractivity contribution in [2.24, 2.45) is 0 Å². The quantitative estimate of drug-likeness (QED) is 0.922. The van der Waals surface area contributed by atoms with Crippen LogP contribution < -0.4 is 4.74 Å². The van der Waals surface area contributed by atoms with Crippen molar-refractivity contribution in [3.8, 4) is 5.75 Å². The zero-order valence-electron chi connectivity index (χ0n) is 13.5. The Kier molecular flexibility index (Phi) is 4.95. The van der Waals surface area contributed by atoms with Gasteiger partial charge in [-0.2, -0.15) is 5.10 Å². The SMILES string of the molecule is Cc1cn[nH]c1[C@@H]1CCCCN1C(=O)CCOc1ccccc1. The fourth-order valence-electron chi connectivity index (χ4n) is 3.14. The third-order valence-electron chi connectivity index (χ3n) is 4.35. The third kappa shape index (κ3) is 3.73. The van der Waals surface area contributed by atoms with E-state index in [1.54, 1.807) is 0 Å². The maximum absolute atomic E-state index is 12.6. The highest BCUT2D eigenvalue weighted by Gasteiger charge is 2.29. The van der Waals surface area contributed by atoms with E-state index in [9.17, 15) is 4.79 Å². The number of carbonyl (C=O) groups excluding carboxylic acids is 1. The lowest BCUT2D eigenvalue weighted by Crippen LogP contribution is -2.39. The molecule has 1 aromatic carbocycles. The van der Waals surface area contributed by atoms with Crippen LogP contribution in [0.4, 0.5) is 0 Å². The molecule has 1 aliphatic rings. The Labute approximate surface area is 136 Å². The summed E-state index contributed by atoms with van der Waals surface area (Å²) in [5.41, 5.74) is 2.19. The second kappa shape index (κ2) is 7.31. The molecule has 0 saturated carbocycles. The standard InChI is InChI=1S/C18H23N3O2/c1-14-13-19-20-18(14)16-9-5-6-11-21(16)17(22)10-12-23-15-7-3-2-4-8-15/h2-4,7-8,13,16H,5-6,9-12H2,1H3,(H,19,20)/t16-/m0/s1. The van der Waals surface area contributed by atoms with E-state index in [-0.39, 0.29) is 11.9 Å². The normalized spacial score (nSPS) is 18.0. The molecule has 1 fully saturated rings. The van der Waals surface area contributed by atoms with Gasteiger partial charge in [0.25, 0.3) is 0 Å². The molecular weight excluding hydrogens is 290 g/mol. The van der Waals surface area contributed by atoms with Gasteiger partial charge in [-0.15, -0.1) is 0 Å². The lowest BCUT2D eigenvalue weighted by Gasteiger charge is -2.35. The number of carbonyl (C=O) groups is 1. The van der Waals surface area contributed by atoms with Crippen molar-refractivity contribution >= 4 is 5.91 Å². The Morgan fingerprint density at radius 3 is 2.91 bits per heavy atom. The minimum absolute atomic E-state index is 0.121. The first-order chi connectivity index (χ1) is 11.3. The van der Waals surface area contributed by atoms with Crippen LogP contribution in [0.3, 0.4) is 0 Å². The monoisotopic (exact) mass is 313 g/mol. The first kappa shape index (κ1) is 15.6. The molecule has 1 aromatic heterocycles. The molecule has 5 heteroatoms. The molecule has 1 aliphatic heterocycles. The van der Waals surface area contributed by atoms with Crippen LogP contribution in [0.5, 0.6) is 5.75 Å². The van der Waals surface area contributed by atoms with E-state index in [1.807, 2.05) is 48.4 Å². The highest BCUT2D eigenvalue weighted by Crippen LogP contribution is 2.31. The van der Waals surface area contributed by atoms with E-state index < -0.39 is 0 Å². The largest absolute Gasteiger partial charge is 0.493 e. The van der Waals surface area contributed by atoms with Crippen molar-refractivity contribution in [1.82, 2.24) is 15.1 Å². The number of likely N-dealkylation sites (tertiary alicyclic amines) is 1. The predicted molar refractivity (Wildman–Crippen MR) is 88.2 cm³/mol. The molecule has 0 unspecified atom stereocenters. The van der Waals surface area contributed by atoms with Crippen LogP contribution in [0.1, 0.15) is 43.0 Å². The van der Waals surface area contributed by atoms with E-state index in [0.29, 0.717) is 13.0 Å². The molecule has 1 saturated heterocycles. The van der Waals surface area contributed by atoms with Crippen molar-refractivity contribution in [3.05, 3.63) is 47.8 Å². The summed E-state index contributed by atoms with van der Waals surface area (Å²) >= 11 is 0. The smallest absolute Gasteiger partial charge is 0.226 e. The highest BCUT2D eigenvalue weighted by molar-refractivity contribution is 5.77. The van der Waals surface area contributed by atoms with Crippen LogP contribution in [0, 0.1) is 6.92 Å². The van der Waals surface area contributed by atoms with E-state index >= 15 is 0 Å². The summed E-state index contributed by atoms with van der Waals surface area (Å²) in [5.74, 6) is 0.958. The van der Waals surface area contributed by atoms with Gasteiger partial charge in [-0.3, -0.25) is 9.89 Å². The molecule has 0 aliphatic carbocycles. The van der Waals surface area contributed by atoms with Gasteiger partial charge in [-0.25, -0.2) is 0 Å². The molecule has 0 spiro atoms. The lowest BCUT2D eigenvalue weighted by atomic mass is 9.97. The van der Waals surface area contributed by atoms with E-state index in [4.69, 9.17) is 4.74 Å². The van der Waals surface area contributed by atoms with Crippen LogP contribution >= 0.6 is 0 Å². The van der Waals surface area contributed by atoms with Gasteiger partial charge in [0.05, 0.1) is 31.0 Å². The van der Waals surface area contributed by atoms with Crippen molar-refractivity contribution < 1.29 is 9.53 Å². The molecule has 23 heavy (non-hydrogen) atoms. The third-order valence-corrected chi connectivity index (χ3v) is 4.35. The fourth-order valence-corrected chi connectivity index (χ4v) is 3.14. The molecule has 122 valence electrons. The summed E-state index contributed by atoms with van der Waals surface area (Å²) in [7, 11) is 0. The summed E-state index contributed by atoms with van der Waals surface area (Å²) in [5, 5.41) is 7.17. The van der Waals surface area contributed by atoms with Gasteiger partial charge >= 0.3 is 0 Å². The van der Waals surface area contributed by atoms with Gasteiger partial charge in [0.2, 0.25) is 5.91 Å². The molecular formula is C18H23N3O2. The highest BCUT2D eigenvalue weighted by atomic mass is 16.5. The van der Waals surface area contributed by atoms with E-state index in [0.717, 1.165) is 42.8 Å². The molecule has 0 radical (unpaired) electrons. The number of benzene rings is 1. The second-order valence-corrected chi connectivity index (χ2v) is 5.98. The number of hydrogen-bond donors (Lipinski definition) is 1. The Hall–Kier alpha value is -2.30. The minimum atomic E-state index is 0.121.